The number of carbonyl (C=O) groups is 1. The molecule has 4 rings (SSSR count). The summed E-state index contributed by atoms with van der Waals surface area (Å²) in [5.74, 6) is -0.691. The molecule has 8 heteroatoms. The number of H-pyrrole nitrogens is 1. The van der Waals surface area contributed by atoms with E-state index in [0.29, 0.717) is 32.4 Å². The molecule has 6 nitrogen and oxygen atoms in total. The maximum Gasteiger partial charge on any atom is 0.277 e. The topological polar surface area (TPSA) is 87.2 Å². The van der Waals surface area contributed by atoms with Crippen LogP contribution in [0.3, 0.4) is 0 Å². The maximum atomic E-state index is 13.1. The number of aromatic nitrogens is 2. The van der Waals surface area contributed by atoms with Gasteiger partial charge >= 0.3 is 0 Å². The molecule has 32 heavy (non-hydrogen) atoms. The fraction of sp³-hybridized carbons (Fsp3) is 0. The van der Waals surface area contributed by atoms with Crippen LogP contribution in [0, 0.1) is 0 Å². The van der Waals surface area contributed by atoms with Crippen LogP contribution in [0.5, 0.6) is 0 Å². The summed E-state index contributed by atoms with van der Waals surface area (Å²) >= 11 is 12.3. The van der Waals surface area contributed by atoms with Crippen LogP contribution in [0.4, 0.5) is 0 Å². The van der Waals surface area contributed by atoms with Crippen LogP contribution in [0.15, 0.2) is 88.8 Å². The molecule has 0 aliphatic carbocycles. The highest BCUT2D eigenvalue weighted by Crippen LogP contribution is 2.31. The Morgan fingerprint density at radius 1 is 0.875 bits per heavy atom. The van der Waals surface area contributed by atoms with Gasteiger partial charge in [0.1, 0.15) is 5.56 Å². The lowest BCUT2D eigenvalue weighted by molar-refractivity contribution is 0.0954. The van der Waals surface area contributed by atoms with Gasteiger partial charge in [0.05, 0.1) is 22.0 Å². The van der Waals surface area contributed by atoms with Crippen molar-refractivity contribution < 1.29 is 4.79 Å². The Bertz CT molecular complexity index is 1330. The number of rotatable bonds is 5. The van der Waals surface area contributed by atoms with Crippen molar-refractivity contribution in [3.63, 3.8) is 0 Å². The van der Waals surface area contributed by atoms with Crippen LogP contribution in [-0.4, -0.2) is 22.3 Å². The van der Waals surface area contributed by atoms with Gasteiger partial charge in [-0.25, -0.2) is 10.5 Å². The average molecular weight is 463 g/mol. The standard InChI is InChI=1S/C24H16Cl2N4O2/c25-18-12-7-13-19(26)17(18)14-27-29-23(31)21-20(15-8-3-1-4-9-15)22(28-30-24(21)32)16-10-5-2-6-11-16/h1-14H,(H,29,31)(H,30,32)/b27-14+. The highest BCUT2D eigenvalue weighted by atomic mass is 35.5. The zero-order valence-electron chi connectivity index (χ0n) is 16.5. The minimum Gasteiger partial charge on any atom is -0.267 e. The first-order valence-electron chi connectivity index (χ1n) is 9.57. The molecule has 1 aromatic heterocycles. The van der Waals surface area contributed by atoms with E-state index in [4.69, 9.17) is 23.2 Å². The van der Waals surface area contributed by atoms with Crippen LogP contribution < -0.4 is 11.0 Å². The number of nitrogens with one attached hydrogen (secondary N) is 2. The second-order valence-corrected chi connectivity index (χ2v) is 7.53. The number of halogens is 2. The molecular weight excluding hydrogens is 447 g/mol. The molecule has 158 valence electrons. The Labute approximate surface area is 193 Å². The van der Waals surface area contributed by atoms with Gasteiger partial charge in [-0.1, -0.05) is 89.9 Å². The first kappa shape index (κ1) is 21.5. The minimum absolute atomic E-state index is 0.104. The molecule has 0 aliphatic rings. The van der Waals surface area contributed by atoms with Crippen LogP contribution in [0.25, 0.3) is 22.4 Å². The molecule has 0 unspecified atom stereocenters. The zero-order chi connectivity index (χ0) is 22.5. The summed E-state index contributed by atoms with van der Waals surface area (Å²) in [5.41, 5.74) is 4.42. The molecule has 1 amide bonds. The third kappa shape index (κ3) is 4.46. The molecule has 0 saturated carbocycles. The average Bonchev–Trinajstić information content (AvgIpc) is 2.81. The Kier molecular flexibility index (Phi) is 6.44. The highest BCUT2D eigenvalue weighted by molar-refractivity contribution is 6.38. The number of benzene rings is 3. The lowest BCUT2D eigenvalue weighted by Gasteiger charge is -2.12. The van der Waals surface area contributed by atoms with Gasteiger partial charge in [-0.3, -0.25) is 9.59 Å². The Morgan fingerprint density at radius 2 is 1.47 bits per heavy atom. The summed E-state index contributed by atoms with van der Waals surface area (Å²) in [7, 11) is 0. The Hall–Kier alpha value is -3.74. The summed E-state index contributed by atoms with van der Waals surface area (Å²) in [6.45, 7) is 0. The fourth-order valence-corrected chi connectivity index (χ4v) is 3.70. The van der Waals surface area contributed by atoms with E-state index in [1.54, 1.807) is 18.2 Å². The molecule has 1 heterocycles. The van der Waals surface area contributed by atoms with Crippen molar-refractivity contribution in [2.45, 2.75) is 0 Å². The van der Waals surface area contributed by atoms with E-state index in [2.05, 4.69) is 20.7 Å². The van der Waals surface area contributed by atoms with Gasteiger partial charge in [0.2, 0.25) is 0 Å². The van der Waals surface area contributed by atoms with Crippen molar-refractivity contribution in [2.24, 2.45) is 5.10 Å². The first-order valence-corrected chi connectivity index (χ1v) is 10.3. The monoisotopic (exact) mass is 462 g/mol. The molecule has 0 fully saturated rings. The molecule has 0 aliphatic heterocycles. The fourth-order valence-electron chi connectivity index (χ4n) is 3.20. The largest absolute Gasteiger partial charge is 0.277 e. The number of hydrazone groups is 1. The lowest BCUT2D eigenvalue weighted by atomic mass is 9.95. The molecule has 0 spiro atoms. The zero-order valence-corrected chi connectivity index (χ0v) is 18.1. The first-order chi connectivity index (χ1) is 15.6. The number of hydrogen-bond acceptors (Lipinski definition) is 4. The molecular formula is C24H16Cl2N4O2. The van der Waals surface area contributed by atoms with Crippen LogP contribution in [-0.2, 0) is 0 Å². The molecule has 0 radical (unpaired) electrons. The molecule has 0 atom stereocenters. The normalized spacial score (nSPS) is 10.9. The highest BCUT2D eigenvalue weighted by Gasteiger charge is 2.22. The van der Waals surface area contributed by atoms with Gasteiger partial charge in [0, 0.05) is 16.7 Å². The quantitative estimate of drug-likeness (QED) is 0.316. The molecule has 4 aromatic rings. The van der Waals surface area contributed by atoms with Crippen molar-refractivity contribution >= 4 is 35.3 Å². The second kappa shape index (κ2) is 9.60. The number of carbonyl (C=O) groups excluding carboxylic acids is 1. The Balaban J connectivity index is 1.79. The minimum atomic E-state index is -0.691. The van der Waals surface area contributed by atoms with Gasteiger partial charge in [0.15, 0.2) is 0 Å². The lowest BCUT2D eigenvalue weighted by Crippen LogP contribution is -2.28. The third-order valence-electron chi connectivity index (χ3n) is 4.68. The Morgan fingerprint density at radius 3 is 2.09 bits per heavy atom. The van der Waals surface area contributed by atoms with E-state index < -0.39 is 11.5 Å². The molecule has 0 bridgehead atoms. The predicted octanol–water partition coefficient (Wildman–Crippen LogP) is 5.17. The summed E-state index contributed by atoms with van der Waals surface area (Å²) in [6, 6.07) is 23.4. The SMILES string of the molecule is O=C(N/N=C/c1c(Cl)cccc1Cl)c1c(-c2ccccc2)c(-c2ccccc2)n[nH]c1=O. The summed E-state index contributed by atoms with van der Waals surface area (Å²) in [4.78, 5) is 25.8. The van der Waals surface area contributed by atoms with Gasteiger partial charge in [-0.15, -0.1) is 0 Å². The van der Waals surface area contributed by atoms with Crippen molar-refractivity contribution in [2.75, 3.05) is 0 Å². The number of amides is 1. The number of hydrogen-bond donors (Lipinski definition) is 2. The number of nitrogens with zero attached hydrogens (tertiary/aromatic N) is 2. The summed E-state index contributed by atoms with van der Waals surface area (Å²) in [5, 5.41) is 11.4. The summed E-state index contributed by atoms with van der Waals surface area (Å²) in [6.07, 6.45) is 1.33. The number of aromatic amines is 1. The van der Waals surface area contributed by atoms with Gasteiger partial charge < -0.3 is 0 Å². The van der Waals surface area contributed by atoms with Crippen molar-refractivity contribution in [1.29, 1.82) is 0 Å². The van der Waals surface area contributed by atoms with Crippen LogP contribution in [0.2, 0.25) is 10.0 Å². The van der Waals surface area contributed by atoms with E-state index >= 15 is 0 Å². The van der Waals surface area contributed by atoms with E-state index in [-0.39, 0.29) is 5.56 Å². The smallest absolute Gasteiger partial charge is 0.267 e. The van der Waals surface area contributed by atoms with Crippen molar-refractivity contribution in [3.05, 3.63) is 110 Å². The molecule has 0 saturated heterocycles. The second-order valence-electron chi connectivity index (χ2n) is 6.72. The maximum absolute atomic E-state index is 13.1. The van der Waals surface area contributed by atoms with Gasteiger partial charge in [-0.05, 0) is 17.7 Å². The third-order valence-corrected chi connectivity index (χ3v) is 5.34. The van der Waals surface area contributed by atoms with E-state index in [1.807, 2.05) is 60.7 Å². The predicted molar refractivity (Wildman–Crippen MR) is 127 cm³/mol. The van der Waals surface area contributed by atoms with E-state index in [1.165, 1.54) is 6.21 Å². The van der Waals surface area contributed by atoms with Crippen LogP contribution in [0.1, 0.15) is 15.9 Å². The summed E-state index contributed by atoms with van der Waals surface area (Å²) < 4.78 is 0. The van der Waals surface area contributed by atoms with Crippen molar-refractivity contribution in [1.82, 2.24) is 15.6 Å². The van der Waals surface area contributed by atoms with Gasteiger partial charge in [-0.2, -0.15) is 10.2 Å². The van der Waals surface area contributed by atoms with E-state index in [9.17, 15) is 9.59 Å². The molecule has 3 aromatic carbocycles. The van der Waals surface area contributed by atoms with E-state index in [0.717, 1.165) is 5.56 Å². The molecule has 2 N–H and O–H groups in total. The van der Waals surface area contributed by atoms with Crippen molar-refractivity contribution in [3.8, 4) is 22.4 Å². The van der Waals surface area contributed by atoms with Gasteiger partial charge in [0.25, 0.3) is 11.5 Å². The van der Waals surface area contributed by atoms with Crippen LogP contribution >= 0.6 is 23.2 Å².